The number of halogens is 1. The number of nitrogens with zero attached hydrogens (tertiary/aromatic N) is 1. The Hall–Kier alpha value is -2.62. The van der Waals surface area contributed by atoms with Crippen LogP contribution in [0.25, 0.3) is 0 Å². The van der Waals surface area contributed by atoms with Crippen LogP contribution in [0.2, 0.25) is 5.02 Å². The predicted octanol–water partition coefficient (Wildman–Crippen LogP) is 3.73. The van der Waals surface area contributed by atoms with Gasteiger partial charge in [-0.05, 0) is 43.2 Å². The molecule has 0 spiro atoms. The Morgan fingerprint density at radius 1 is 1.03 bits per heavy atom. The van der Waals surface area contributed by atoms with E-state index in [-0.39, 0.29) is 27.1 Å². The smallest absolute Gasteiger partial charge is 0.259 e. The number of amides is 2. The highest BCUT2D eigenvalue weighted by molar-refractivity contribution is 7.89. The van der Waals surface area contributed by atoms with Crippen molar-refractivity contribution in [3.63, 3.8) is 0 Å². The maximum Gasteiger partial charge on any atom is 0.259 e. The summed E-state index contributed by atoms with van der Waals surface area (Å²) >= 11 is 6.17. The first-order chi connectivity index (χ1) is 14.7. The number of carbonyl (C=O) groups is 2. The van der Waals surface area contributed by atoms with Crippen LogP contribution in [0.3, 0.4) is 0 Å². The van der Waals surface area contributed by atoms with E-state index in [2.05, 4.69) is 10.6 Å². The summed E-state index contributed by atoms with van der Waals surface area (Å²) in [6.07, 6.45) is 2.76. The Balaban J connectivity index is 1.78. The SMILES string of the molecule is COc1cc(NC(C)=O)c(Cl)cc1C(=O)Nc1ccc(S(=O)(=O)N2CCCCC2)cc1. The van der Waals surface area contributed by atoms with Crippen LogP contribution in [0, 0.1) is 0 Å². The first-order valence-electron chi connectivity index (χ1n) is 9.79. The molecule has 0 unspecified atom stereocenters. The van der Waals surface area contributed by atoms with Crippen molar-refractivity contribution >= 4 is 44.8 Å². The van der Waals surface area contributed by atoms with Gasteiger partial charge in [-0.25, -0.2) is 8.42 Å². The second-order valence-electron chi connectivity index (χ2n) is 7.16. The van der Waals surface area contributed by atoms with E-state index in [0.29, 0.717) is 24.5 Å². The molecule has 0 aromatic heterocycles. The molecule has 2 amide bonds. The van der Waals surface area contributed by atoms with Crippen LogP contribution in [0.5, 0.6) is 5.75 Å². The van der Waals surface area contributed by atoms with E-state index in [4.69, 9.17) is 16.3 Å². The minimum Gasteiger partial charge on any atom is -0.496 e. The van der Waals surface area contributed by atoms with Gasteiger partial charge in [-0.3, -0.25) is 9.59 Å². The minimum atomic E-state index is -3.54. The average molecular weight is 466 g/mol. The van der Waals surface area contributed by atoms with Crippen LogP contribution >= 0.6 is 11.6 Å². The van der Waals surface area contributed by atoms with Crippen molar-refractivity contribution in [1.29, 1.82) is 0 Å². The summed E-state index contributed by atoms with van der Waals surface area (Å²) in [6, 6.07) is 8.89. The number of piperidine rings is 1. The quantitative estimate of drug-likeness (QED) is 0.676. The summed E-state index contributed by atoms with van der Waals surface area (Å²) < 4.78 is 32.2. The summed E-state index contributed by atoms with van der Waals surface area (Å²) in [5.41, 5.74) is 0.924. The van der Waals surface area contributed by atoms with E-state index in [1.54, 1.807) is 0 Å². The lowest BCUT2D eigenvalue weighted by Crippen LogP contribution is -2.35. The minimum absolute atomic E-state index is 0.173. The molecule has 8 nitrogen and oxygen atoms in total. The largest absolute Gasteiger partial charge is 0.496 e. The molecule has 0 aliphatic carbocycles. The number of hydrogen-bond acceptors (Lipinski definition) is 5. The van der Waals surface area contributed by atoms with Gasteiger partial charge in [0.05, 0.1) is 28.3 Å². The van der Waals surface area contributed by atoms with Crippen LogP contribution in [-0.4, -0.2) is 44.7 Å². The lowest BCUT2D eigenvalue weighted by Gasteiger charge is -2.25. The number of nitrogens with one attached hydrogen (secondary N) is 2. The van der Waals surface area contributed by atoms with Crippen molar-refractivity contribution < 1.29 is 22.7 Å². The highest BCUT2D eigenvalue weighted by Crippen LogP contribution is 2.31. The molecule has 2 aromatic rings. The standard InChI is InChI=1S/C21H24ClN3O5S/c1-14(26)23-19-13-20(30-2)17(12-18(19)22)21(27)24-15-6-8-16(9-7-15)31(28,29)25-10-4-3-5-11-25/h6-9,12-13H,3-5,10-11H2,1-2H3,(H,23,26)(H,24,27). The van der Waals surface area contributed by atoms with Crippen LogP contribution < -0.4 is 15.4 Å². The normalized spacial score (nSPS) is 14.7. The number of methoxy groups -OCH3 is 1. The number of hydrogen-bond donors (Lipinski definition) is 2. The Bertz CT molecular complexity index is 1080. The molecular formula is C21H24ClN3O5S. The van der Waals surface area contributed by atoms with Crippen molar-refractivity contribution in [1.82, 2.24) is 4.31 Å². The molecule has 166 valence electrons. The van der Waals surface area contributed by atoms with E-state index in [1.807, 2.05) is 0 Å². The third kappa shape index (κ3) is 5.36. The van der Waals surface area contributed by atoms with Crippen molar-refractivity contribution in [2.75, 3.05) is 30.8 Å². The molecule has 1 heterocycles. The second kappa shape index (κ2) is 9.67. The number of benzene rings is 2. The van der Waals surface area contributed by atoms with Gasteiger partial charge >= 0.3 is 0 Å². The summed E-state index contributed by atoms with van der Waals surface area (Å²) in [5.74, 6) is -0.560. The summed E-state index contributed by atoms with van der Waals surface area (Å²) in [6.45, 7) is 2.39. The molecule has 10 heteroatoms. The van der Waals surface area contributed by atoms with Gasteiger partial charge in [0.25, 0.3) is 5.91 Å². The van der Waals surface area contributed by atoms with Gasteiger partial charge in [0.2, 0.25) is 15.9 Å². The van der Waals surface area contributed by atoms with Crippen molar-refractivity contribution in [2.45, 2.75) is 31.1 Å². The first-order valence-corrected chi connectivity index (χ1v) is 11.6. The van der Waals surface area contributed by atoms with Crippen molar-refractivity contribution in [3.05, 3.63) is 47.0 Å². The lowest BCUT2D eigenvalue weighted by molar-refractivity contribution is -0.114. The predicted molar refractivity (Wildman–Crippen MR) is 119 cm³/mol. The van der Waals surface area contributed by atoms with Gasteiger partial charge in [-0.1, -0.05) is 18.0 Å². The number of ether oxygens (including phenoxy) is 1. The van der Waals surface area contributed by atoms with Crippen LogP contribution in [0.1, 0.15) is 36.5 Å². The fourth-order valence-electron chi connectivity index (χ4n) is 3.35. The Labute approximate surface area is 186 Å². The molecule has 1 saturated heterocycles. The van der Waals surface area contributed by atoms with Gasteiger partial charge in [-0.2, -0.15) is 4.31 Å². The van der Waals surface area contributed by atoms with Gasteiger partial charge in [0.1, 0.15) is 5.75 Å². The third-order valence-corrected chi connectivity index (χ3v) is 7.14. The number of carbonyl (C=O) groups excluding carboxylic acids is 2. The second-order valence-corrected chi connectivity index (χ2v) is 9.50. The number of anilines is 2. The highest BCUT2D eigenvalue weighted by atomic mass is 35.5. The molecule has 0 saturated carbocycles. The topological polar surface area (TPSA) is 105 Å². The fraction of sp³-hybridized carbons (Fsp3) is 0.333. The fourth-order valence-corrected chi connectivity index (χ4v) is 5.08. The zero-order valence-corrected chi connectivity index (χ0v) is 18.8. The molecule has 2 aromatic carbocycles. The molecule has 0 atom stereocenters. The molecule has 31 heavy (non-hydrogen) atoms. The Kier molecular flexibility index (Phi) is 7.19. The zero-order valence-electron chi connectivity index (χ0n) is 17.3. The molecule has 3 rings (SSSR count). The maximum absolute atomic E-state index is 12.7. The van der Waals surface area contributed by atoms with Crippen molar-refractivity contribution in [2.24, 2.45) is 0 Å². The molecule has 1 aliphatic rings. The van der Waals surface area contributed by atoms with Crippen LogP contribution in [0.15, 0.2) is 41.3 Å². The summed E-state index contributed by atoms with van der Waals surface area (Å²) in [5, 5.41) is 5.46. The summed E-state index contributed by atoms with van der Waals surface area (Å²) in [4.78, 5) is 24.2. The Morgan fingerprint density at radius 2 is 1.68 bits per heavy atom. The van der Waals surface area contributed by atoms with E-state index >= 15 is 0 Å². The van der Waals surface area contributed by atoms with E-state index in [0.717, 1.165) is 19.3 Å². The molecule has 2 N–H and O–H groups in total. The third-order valence-electron chi connectivity index (χ3n) is 4.91. The number of sulfonamides is 1. The monoisotopic (exact) mass is 465 g/mol. The number of rotatable bonds is 6. The average Bonchev–Trinajstić information content (AvgIpc) is 2.75. The zero-order chi connectivity index (χ0) is 22.6. The molecular weight excluding hydrogens is 442 g/mol. The highest BCUT2D eigenvalue weighted by Gasteiger charge is 2.26. The Morgan fingerprint density at radius 3 is 2.26 bits per heavy atom. The van der Waals surface area contributed by atoms with Gasteiger partial charge < -0.3 is 15.4 Å². The molecule has 0 bridgehead atoms. The van der Waals surface area contributed by atoms with Crippen LogP contribution in [-0.2, 0) is 14.8 Å². The van der Waals surface area contributed by atoms with E-state index in [1.165, 1.54) is 54.7 Å². The van der Waals surface area contributed by atoms with Gasteiger partial charge in [0.15, 0.2) is 0 Å². The van der Waals surface area contributed by atoms with E-state index in [9.17, 15) is 18.0 Å². The first kappa shape index (κ1) is 23.1. The van der Waals surface area contributed by atoms with Gasteiger partial charge in [-0.15, -0.1) is 0 Å². The maximum atomic E-state index is 12.7. The lowest BCUT2D eigenvalue weighted by atomic mass is 10.1. The summed E-state index contributed by atoms with van der Waals surface area (Å²) in [7, 11) is -2.14. The van der Waals surface area contributed by atoms with Gasteiger partial charge in [0, 0.05) is 31.8 Å². The molecule has 1 aliphatic heterocycles. The van der Waals surface area contributed by atoms with Crippen LogP contribution in [0.4, 0.5) is 11.4 Å². The van der Waals surface area contributed by atoms with Crippen molar-refractivity contribution in [3.8, 4) is 5.75 Å². The molecule has 0 radical (unpaired) electrons. The van der Waals surface area contributed by atoms with E-state index < -0.39 is 15.9 Å². The molecule has 1 fully saturated rings.